The fraction of sp³-hybridized carbons (Fsp3) is 0.0909. The average Bonchev–Trinajstić information content (AvgIpc) is 3.20. The summed E-state index contributed by atoms with van der Waals surface area (Å²) < 4.78 is 66.9. The molecule has 1 aromatic heterocycles. The summed E-state index contributed by atoms with van der Waals surface area (Å²) in [5.74, 6) is -1.80. The number of carbonyl (C=O) groups excluding carboxylic acids is 2. The van der Waals surface area contributed by atoms with E-state index in [1.165, 1.54) is 6.07 Å². The van der Waals surface area contributed by atoms with Gasteiger partial charge in [-0.05, 0) is 29.8 Å². The number of halogens is 4. The number of rotatable bonds is 3. The number of nitrogens with one attached hydrogen (secondary N) is 1. The van der Waals surface area contributed by atoms with Gasteiger partial charge in [-0.25, -0.2) is 0 Å². The van der Waals surface area contributed by atoms with Crippen molar-refractivity contribution < 1.29 is 35.4 Å². The first-order valence-electron chi connectivity index (χ1n) is 9.61. The smallest absolute Gasteiger partial charge is 0.376 e. The molecule has 1 aliphatic rings. The quantitative estimate of drug-likeness (QED) is 0.244. The molecule has 0 fully saturated rings. The lowest BCUT2D eigenvalue weighted by Crippen LogP contribution is -2.28. The first-order chi connectivity index (χ1) is 15.9. The summed E-state index contributed by atoms with van der Waals surface area (Å²) in [4.78, 5) is 25.5. The predicted octanol–water partition coefficient (Wildman–Crippen LogP) is 4.76. The lowest BCUT2D eigenvalue weighted by atomic mass is 9.93. The van der Waals surface area contributed by atoms with Crippen LogP contribution in [-0.4, -0.2) is 30.3 Å². The topological polar surface area (TPSA) is 94.5 Å². The van der Waals surface area contributed by atoms with Gasteiger partial charge >= 0.3 is 15.6 Å². The van der Waals surface area contributed by atoms with Gasteiger partial charge in [-0.15, -0.1) is 0 Å². The number of amides is 2. The minimum Gasteiger partial charge on any atom is -0.376 e. The van der Waals surface area contributed by atoms with E-state index >= 15 is 0 Å². The standard InChI is InChI=1S/C22H12ClF3N2O5S/c1-28-15-8-10(33-34(31,32)22(24,25)26)6-7-12(15)17-16(28)9-13(11-4-2-3-5-14(11)23)18-19(17)21(30)27-20(18)29/h2-9H,1H3,(H,27,29,30). The fourth-order valence-corrected chi connectivity index (χ4v) is 4.83. The minimum absolute atomic E-state index is 0.0969. The molecule has 12 heteroatoms. The number of aromatic nitrogens is 1. The molecule has 7 nitrogen and oxygen atoms in total. The Hall–Kier alpha value is -3.57. The summed E-state index contributed by atoms with van der Waals surface area (Å²) in [7, 11) is -4.28. The van der Waals surface area contributed by atoms with E-state index in [0.29, 0.717) is 32.4 Å². The van der Waals surface area contributed by atoms with Crippen LogP contribution in [0.15, 0.2) is 48.5 Å². The van der Waals surface area contributed by atoms with Crippen molar-refractivity contribution in [3.8, 4) is 16.9 Å². The van der Waals surface area contributed by atoms with Crippen molar-refractivity contribution in [1.82, 2.24) is 9.88 Å². The van der Waals surface area contributed by atoms with Crippen LogP contribution in [0.25, 0.3) is 32.9 Å². The largest absolute Gasteiger partial charge is 0.534 e. The summed E-state index contributed by atoms with van der Waals surface area (Å²) >= 11 is 6.34. The number of hydrogen-bond acceptors (Lipinski definition) is 5. The summed E-state index contributed by atoms with van der Waals surface area (Å²) in [6.07, 6.45) is 0. The molecule has 0 aliphatic carbocycles. The van der Waals surface area contributed by atoms with Gasteiger partial charge in [0.25, 0.3) is 11.8 Å². The van der Waals surface area contributed by atoms with Crippen LogP contribution in [0, 0.1) is 0 Å². The normalized spacial score (nSPS) is 14.0. The van der Waals surface area contributed by atoms with E-state index in [2.05, 4.69) is 9.50 Å². The molecule has 0 atom stereocenters. The number of carbonyl (C=O) groups is 2. The third-order valence-corrected chi connectivity index (χ3v) is 6.91. The van der Waals surface area contributed by atoms with E-state index < -0.39 is 33.2 Å². The van der Waals surface area contributed by atoms with Crippen LogP contribution in [0.4, 0.5) is 13.2 Å². The Morgan fingerprint density at radius 1 is 0.941 bits per heavy atom. The Morgan fingerprint density at radius 3 is 2.29 bits per heavy atom. The molecule has 0 spiro atoms. The molecule has 3 aromatic carbocycles. The Morgan fingerprint density at radius 2 is 1.62 bits per heavy atom. The monoisotopic (exact) mass is 508 g/mol. The molecule has 34 heavy (non-hydrogen) atoms. The number of benzene rings is 3. The molecule has 1 aliphatic heterocycles. The van der Waals surface area contributed by atoms with Crippen LogP contribution in [0.2, 0.25) is 5.02 Å². The maximum atomic E-state index is 12.8. The van der Waals surface area contributed by atoms with Crippen LogP contribution >= 0.6 is 11.6 Å². The second-order valence-electron chi connectivity index (χ2n) is 7.55. The molecule has 0 radical (unpaired) electrons. The van der Waals surface area contributed by atoms with Crippen molar-refractivity contribution in [2.24, 2.45) is 7.05 Å². The molecule has 2 heterocycles. The van der Waals surface area contributed by atoms with E-state index in [9.17, 15) is 31.2 Å². The zero-order chi connectivity index (χ0) is 24.6. The Bertz CT molecular complexity index is 1680. The second-order valence-corrected chi connectivity index (χ2v) is 9.50. The molecular formula is C22H12ClF3N2O5S. The Balaban J connectivity index is 1.82. The summed E-state index contributed by atoms with van der Waals surface area (Å²) in [5, 5.41) is 3.43. The highest BCUT2D eigenvalue weighted by molar-refractivity contribution is 7.88. The molecule has 0 unspecified atom stereocenters. The summed E-state index contributed by atoms with van der Waals surface area (Å²) in [6, 6.07) is 11.9. The van der Waals surface area contributed by atoms with Gasteiger partial charge in [-0.2, -0.15) is 21.6 Å². The highest BCUT2D eigenvalue weighted by atomic mass is 35.5. The van der Waals surface area contributed by atoms with Gasteiger partial charge in [0.05, 0.1) is 22.2 Å². The summed E-state index contributed by atoms with van der Waals surface area (Å²) in [6.45, 7) is 0. The van der Waals surface area contributed by atoms with Crippen molar-refractivity contribution >= 4 is 55.3 Å². The van der Waals surface area contributed by atoms with Gasteiger partial charge in [-0.1, -0.05) is 29.8 Å². The molecule has 0 saturated heterocycles. The molecule has 0 saturated carbocycles. The van der Waals surface area contributed by atoms with Crippen molar-refractivity contribution in [1.29, 1.82) is 0 Å². The number of hydrogen-bond donors (Lipinski definition) is 1. The van der Waals surface area contributed by atoms with Crippen LogP contribution in [0.1, 0.15) is 20.7 Å². The van der Waals surface area contributed by atoms with Gasteiger partial charge < -0.3 is 8.75 Å². The van der Waals surface area contributed by atoms with Crippen molar-refractivity contribution in [3.63, 3.8) is 0 Å². The van der Waals surface area contributed by atoms with Gasteiger partial charge in [0.1, 0.15) is 5.75 Å². The molecule has 4 aromatic rings. The lowest BCUT2D eigenvalue weighted by Gasteiger charge is -2.10. The van der Waals surface area contributed by atoms with E-state index in [4.69, 9.17) is 11.6 Å². The van der Waals surface area contributed by atoms with E-state index in [-0.39, 0.29) is 16.6 Å². The zero-order valence-corrected chi connectivity index (χ0v) is 18.6. The number of fused-ring (bicyclic) bond motifs is 5. The molecule has 5 rings (SSSR count). The first-order valence-corrected chi connectivity index (χ1v) is 11.4. The number of aryl methyl sites for hydroxylation is 1. The summed E-state index contributed by atoms with van der Waals surface area (Å²) in [5.41, 5.74) is -3.70. The third kappa shape index (κ3) is 3.15. The number of nitrogens with zero attached hydrogens (tertiary/aromatic N) is 1. The molecule has 1 N–H and O–H groups in total. The zero-order valence-electron chi connectivity index (χ0n) is 17.0. The van der Waals surface area contributed by atoms with E-state index in [1.54, 1.807) is 41.9 Å². The maximum Gasteiger partial charge on any atom is 0.534 e. The second kappa shape index (κ2) is 7.21. The highest BCUT2D eigenvalue weighted by Gasteiger charge is 2.48. The molecule has 174 valence electrons. The Labute approximate surface area is 194 Å². The van der Waals surface area contributed by atoms with Crippen LogP contribution in [0.5, 0.6) is 5.75 Å². The molecule has 2 amide bonds. The van der Waals surface area contributed by atoms with Crippen molar-refractivity contribution in [2.45, 2.75) is 5.51 Å². The van der Waals surface area contributed by atoms with Gasteiger partial charge in [0.15, 0.2) is 0 Å². The SMILES string of the molecule is Cn1c2cc(OS(=O)(=O)C(F)(F)F)ccc2c2c3c(c(-c4ccccc4Cl)cc21)C(=O)NC3=O. The van der Waals surface area contributed by atoms with Crippen molar-refractivity contribution in [3.05, 3.63) is 64.7 Å². The lowest BCUT2D eigenvalue weighted by molar-refractivity contribution is -0.0500. The predicted molar refractivity (Wildman–Crippen MR) is 118 cm³/mol. The third-order valence-electron chi connectivity index (χ3n) is 5.60. The average molecular weight is 509 g/mol. The van der Waals surface area contributed by atoms with Crippen molar-refractivity contribution in [2.75, 3.05) is 0 Å². The first kappa shape index (κ1) is 22.2. The van der Waals surface area contributed by atoms with E-state index in [1.807, 2.05) is 0 Å². The number of alkyl halides is 3. The number of imide groups is 1. The highest BCUT2D eigenvalue weighted by Crippen LogP contribution is 2.42. The fourth-order valence-electron chi connectivity index (χ4n) is 4.14. The van der Waals surface area contributed by atoms with Crippen LogP contribution in [-0.2, 0) is 17.2 Å². The molecule has 0 bridgehead atoms. The Kier molecular flexibility index (Phi) is 4.72. The van der Waals surface area contributed by atoms with E-state index in [0.717, 1.165) is 12.1 Å². The minimum atomic E-state index is -5.87. The maximum absolute atomic E-state index is 12.8. The van der Waals surface area contributed by atoms with Gasteiger partial charge in [-0.3, -0.25) is 14.9 Å². The van der Waals surface area contributed by atoms with Gasteiger partial charge in [0.2, 0.25) is 0 Å². The van der Waals surface area contributed by atoms with Crippen LogP contribution in [0.3, 0.4) is 0 Å². The molecular weight excluding hydrogens is 497 g/mol. The van der Waals surface area contributed by atoms with Crippen LogP contribution < -0.4 is 9.50 Å². The van der Waals surface area contributed by atoms with Gasteiger partial charge in [0, 0.05) is 34.5 Å².